The predicted octanol–water partition coefficient (Wildman–Crippen LogP) is 2.84. The van der Waals surface area contributed by atoms with Gasteiger partial charge in [0, 0.05) is 25.9 Å². The lowest BCUT2D eigenvalue weighted by Crippen LogP contribution is -2.57. The van der Waals surface area contributed by atoms with Gasteiger partial charge in [-0.25, -0.2) is 9.78 Å². The molecule has 1 unspecified atom stereocenters. The Morgan fingerprint density at radius 3 is 2.40 bits per heavy atom. The molecule has 4 amide bonds. The summed E-state index contributed by atoms with van der Waals surface area (Å²) in [6.45, 7) is 9.35. The molecule has 0 saturated carbocycles. The Kier molecular flexibility index (Phi) is 10.3. The van der Waals surface area contributed by atoms with Crippen molar-refractivity contribution in [1.82, 2.24) is 25.8 Å². The van der Waals surface area contributed by atoms with Gasteiger partial charge < -0.3 is 31.1 Å². The van der Waals surface area contributed by atoms with E-state index in [0.717, 1.165) is 21.7 Å². The number of benzene rings is 1. The molecular weight excluding hydrogens is 534 g/mol. The Morgan fingerprint density at radius 2 is 1.82 bits per heavy atom. The molecule has 0 bridgehead atoms. The first kappa shape index (κ1) is 31.0. The minimum Gasteiger partial charge on any atom is -0.465 e. The van der Waals surface area contributed by atoms with Crippen LogP contribution in [0, 0.1) is 12.3 Å². The molecule has 1 saturated heterocycles. The van der Waals surface area contributed by atoms with Gasteiger partial charge in [0.25, 0.3) is 0 Å². The van der Waals surface area contributed by atoms with E-state index in [1.807, 2.05) is 58.9 Å². The first-order chi connectivity index (χ1) is 18.8. The van der Waals surface area contributed by atoms with E-state index in [4.69, 9.17) is 5.11 Å². The Bertz CT molecular complexity index is 1210. The maximum Gasteiger partial charge on any atom is 0.404 e. The number of likely N-dealkylation sites (tertiary alicyclic amines) is 1. The molecule has 1 aromatic carbocycles. The molecule has 218 valence electrons. The van der Waals surface area contributed by atoms with E-state index < -0.39 is 41.5 Å². The minimum absolute atomic E-state index is 0.0147. The van der Waals surface area contributed by atoms with E-state index in [9.17, 15) is 24.3 Å². The summed E-state index contributed by atoms with van der Waals surface area (Å²) in [4.78, 5) is 56.9. The summed E-state index contributed by atoms with van der Waals surface area (Å²) in [6, 6.07) is 5.71. The van der Waals surface area contributed by atoms with E-state index in [-0.39, 0.29) is 44.3 Å². The van der Waals surface area contributed by atoms with Crippen LogP contribution in [0.1, 0.15) is 64.3 Å². The van der Waals surface area contributed by atoms with Crippen molar-refractivity contribution in [3.8, 4) is 10.4 Å². The van der Waals surface area contributed by atoms with Crippen LogP contribution >= 0.6 is 11.3 Å². The molecule has 0 radical (unpaired) electrons. The van der Waals surface area contributed by atoms with Gasteiger partial charge in [-0.1, -0.05) is 45.0 Å². The molecule has 2 aromatic rings. The topological polar surface area (TPSA) is 161 Å². The fourth-order valence-corrected chi connectivity index (χ4v) is 5.50. The summed E-state index contributed by atoms with van der Waals surface area (Å²) < 4.78 is 0. The number of aromatic nitrogens is 1. The summed E-state index contributed by atoms with van der Waals surface area (Å²) in [7, 11) is 0. The summed E-state index contributed by atoms with van der Waals surface area (Å²) in [5.74, 6) is -1.22. The molecule has 2 heterocycles. The molecule has 4 atom stereocenters. The molecule has 12 heteroatoms. The molecule has 1 fully saturated rings. The first-order valence-corrected chi connectivity index (χ1v) is 14.2. The number of aryl methyl sites for hydroxylation is 1. The standard InChI is InChI=1S/C28H39N5O6S/c1-16(18-8-10-19(11-9-18)23-17(2)30-15-40-23)31-25(36)21-13-20(34)14-33(21)26(37)24(28(3,4)5)32-22(35)7-6-12-29-27(38)39/h8-11,15-16,20-21,24,29,34H,6-7,12-14H2,1-5H3,(H,31,36)(H,32,35)(H,38,39)/t16-,20+,21-,24?/m0/s1. The van der Waals surface area contributed by atoms with Crippen molar-refractivity contribution in [3.63, 3.8) is 0 Å². The third-order valence-electron chi connectivity index (χ3n) is 6.92. The van der Waals surface area contributed by atoms with Crippen LogP contribution in [0.2, 0.25) is 0 Å². The van der Waals surface area contributed by atoms with Crippen LogP contribution in [0.3, 0.4) is 0 Å². The maximum absolute atomic E-state index is 13.7. The monoisotopic (exact) mass is 573 g/mol. The van der Waals surface area contributed by atoms with Gasteiger partial charge in [-0.2, -0.15) is 0 Å². The lowest BCUT2D eigenvalue weighted by molar-refractivity contribution is -0.144. The summed E-state index contributed by atoms with van der Waals surface area (Å²) >= 11 is 1.57. The van der Waals surface area contributed by atoms with Gasteiger partial charge in [-0.05, 0) is 36.8 Å². The summed E-state index contributed by atoms with van der Waals surface area (Å²) in [5.41, 5.74) is 4.04. The van der Waals surface area contributed by atoms with Crippen molar-refractivity contribution in [1.29, 1.82) is 0 Å². The average Bonchev–Trinajstić information content (AvgIpc) is 3.49. The van der Waals surface area contributed by atoms with Crippen LogP contribution in [0.5, 0.6) is 0 Å². The molecular formula is C28H39N5O6S. The number of nitrogens with one attached hydrogen (secondary N) is 3. The van der Waals surface area contributed by atoms with E-state index in [1.54, 1.807) is 16.8 Å². The van der Waals surface area contributed by atoms with Gasteiger partial charge in [0.2, 0.25) is 17.7 Å². The number of aliphatic hydroxyl groups is 1. The van der Waals surface area contributed by atoms with Gasteiger partial charge in [-0.3, -0.25) is 14.4 Å². The number of aliphatic hydroxyl groups excluding tert-OH is 1. The fraction of sp³-hybridized carbons (Fsp3) is 0.536. The largest absolute Gasteiger partial charge is 0.465 e. The number of carbonyl (C=O) groups excluding carboxylic acids is 3. The zero-order chi connectivity index (χ0) is 29.6. The van der Waals surface area contributed by atoms with Crippen LogP contribution in [0.15, 0.2) is 29.8 Å². The van der Waals surface area contributed by atoms with Gasteiger partial charge in [0.05, 0.1) is 28.2 Å². The second kappa shape index (κ2) is 13.2. The Balaban J connectivity index is 1.67. The number of amides is 4. The predicted molar refractivity (Wildman–Crippen MR) is 152 cm³/mol. The van der Waals surface area contributed by atoms with E-state index in [2.05, 4.69) is 20.9 Å². The Hall–Kier alpha value is -3.51. The van der Waals surface area contributed by atoms with Crippen molar-refractivity contribution in [2.45, 2.75) is 78.1 Å². The number of hydrogen-bond acceptors (Lipinski definition) is 7. The van der Waals surface area contributed by atoms with Crippen LogP contribution in [-0.4, -0.2) is 75.2 Å². The second-order valence-electron chi connectivity index (χ2n) is 11.2. The van der Waals surface area contributed by atoms with Crippen LogP contribution in [0.4, 0.5) is 4.79 Å². The fourth-order valence-electron chi connectivity index (χ4n) is 4.69. The maximum atomic E-state index is 13.7. The van der Waals surface area contributed by atoms with Gasteiger partial charge in [0.1, 0.15) is 12.1 Å². The van der Waals surface area contributed by atoms with Crippen LogP contribution < -0.4 is 16.0 Å². The van der Waals surface area contributed by atoms with Crippen molar-refractivity contribution in [3.05, 3.63) is 41.0 Å². The second-order valence-corrected chi connectivity index (χ2v) is 12.1. The van der Waals surface area contributed by atoms with E-state index in [1.165, 1.54) is 4.90 Å². The smallest absolute Gasteiger partial charge is 0.404 e. The zero-order valence-electron chi connectivity index (χ0n) is 23.6. The molecule has 0 spiro atoms. The highest BCUT2D eigenvalue weighted by Crippen LogP contribution is 2.29. The molecule has 40 heavy (non-hydrogen) atoms. The highest BCUT2D eigenvalue weighted by atomic mass is 32.1. The van der Waals surface area contributed by atoms with Crippen LogP contribution in [0.25, 0.3) is 10.4 Å². The summed E-state index contributed by atoms with van der Waals surface area (Å²) in [6.07, 6.45) is -1.63. The van der Waals surface area contributed by atoms with Crippen LogP contribution in [-0.2, 0) is 14.4 Å². The number of β-amino-alcohol motifs (C(OH)–C–C–N with tert-alkyl or cyclic N) is 1. The molecule has 0 aliphatic carbocycles. The minimum atomic E-state index is -1.17. The molecule has 3 rings (SSSR count). The zero-order valence-corrected chi connectivity index (χ0v) is 24.4. The Labute approximate surface area is 238 Å². The highest BCUT2D eigenvalue weighted by Gasteiger charge is 2.44. The van der Waals surface area contributed by atoms with E-state index >= 15 is 0 Å². The average molecular weight is 574 g/mol. The molecule has 1 aliphatic rings. The van der Waals surface area contributed by atoms with Gasteiger partial charge >= 0.3 is 6.09 Å². The van der Waals surface area contributed by atoms with E-state index in [0.29, 0.717) is 0 Å². The normalized spacial score (nSPS) is 18.6. The third kappa shape index (κ3) is 8.01. The molecule has 1 aliphatic heterocycles. The lowest BCUT2D eigenvalue weighted by Gasteiger charge is -2.35. The Morgan fingerprint density at radius 1 is 1.15 bits per heavy atom. The number of hydrogen-bond donors (Lipinski definition) is 5. The van der Waals surface area contributed by atoms with Crippen molar-refractivity contribution in [2.75, 3.05) is 13.1 Å². The SMILES string of the molecule is Cc1ncsc1-c1ccc([C@H](C)NC(=O)[C@@H]2C[C@@H](O)CN2C(=O)C(NC(=O)CCCNC(=O)O)C(C)(C)C)cc1. The van der Waals surface area contributed by atoms with Crippen molar-refractivity contribution >= 4 is 35.2 Å². The quantitative estimate of drug-likeness (QED) is 0.273. The number of thiazole rings is 1. The van der Waals surface area contributed by atoms with Gasteiger partial charge in [-0.15, -0.1) is 11.3 Å². The summed E-state index contributed by atoms with van der Waals surface area (Å²) in [5, 5.41) is 27.0. The highest BCUT2D eigenvalue weighted by molar-refractivity contribution is 7.13. The van der Waals surface area contributed by atoms with Gasteiger partial charge in [0.15, 0.2) is 0 Å². The molecule has 1 aromatic heterocycles. The third-order valence-corrected chi connectivity index (χ3v) is 7.89. The molecule has 5 N–H and O–H groups in total. The van der Waals surface area contributed by atoms with Crippen molar-refractivity contribution < 1.29 is 29.4 Å². The van der Waals surface area contributed by atoms with Crippen molar-refractivity contribution in [2.24, 2.45) is 5.41 Å². The first-order valence-electron chi connectivity index (χ1n) is 13.3. The lowest BCUT2D eigenvalue weighted by atomic mass is 9.85. The number of carbonyl (C=O) groups is 4. The number of rotatable bonds is 10. The number of nitrogens with zero attached hydrogens (tertiary/aromatic N) is 2. The number of carboxylic acid groups (broad SMARTS) is 1. The molecule has 11 nitrogen and oxygen atoms in total.